The first kappa shape index (κ1) is 14.2. The third kappa shape index (κ3) is 3.86. The predicted octanol–water partition coefficient (Wildman–Crippen LogP) is 2.02. The smallest absolute Gasteiger partial charge is 0.273 e. The molecule has 0 radical (unpaired) electrons. The van der Waals surface area contributed by atoms with Gasteiger partial charge in [-0.1, -0.05) is 6.07 Å². The Morgan fingerprint density at radius 1 is 1.42 bits per heavy atom. The summed E-state index contributed by atoms with van der Waals surface area (Å²) < 4.78 is 0. The van der Waals surface area contributed by atoms with Gasteiger partial charge >= 0.3 is 0 Å². The second kappa shape index (κ2) is 6.79. The molecule has 0 unspecified atom stereocenters. The van der Waals surface area contributed by atoms with Gasteiger partial charge in [0.25, 0.3) is 5.91 Å². The molecule has 2 aromatic heterocycles. The average molecular weight is 295 g/mol. The maximum atomic E-state index is 12.2. The summed E-state index contributed by atoms with van der Waals surface area (Å²) in [6, 6.07) is 4.12. The molecular formula is C13H17N3OS2. The first-order chi connectivity index (χ1) is 9.20. The van der Waals surface area contributed by atoms with Crippen LogP contribution in [0, 0.1) is 0 Å². The number of hydrogen-bond acceptors (Lipinski definition) is 5. The van der Waals surface area contributed by atoms with E-state index in [1.165, 1.54) is 16.2 Å². The highest BCUT2D eigenvalue weighted by atomic mass is 32.1. The van der Waals surface area contributed by atoms with Crippen LogP contribution >= 0.6 is 22.7 Å². The Morgan fingerprint density at radius 3 is 2.95 bits per heavy atom. The minimum absolute atomic E-state index is 0.0175. The van der Waals surface area contributed by atoms with E-state index in [9.17, 15) is 4.79 Å². The van der Waals surface area contributed by atoms with Crippen LogP contribution in [0.3, 0.4) is 0 Å². The van der Waals surface area contributed by atoms with E-state index in [1.54, 1.807) is 16.2 Å². The zero-order valence-corrected chi connectivity index (χ0v) is 12.5. The molecule has 0 spiro atoms. The van der Waals surface area contributed by atoms with Crippen molar-refractivity contribution in [1.82, 2.24) is 9.88 Å². The number of nitrogens with zero attached hydrogens (tertiary/aromatic N) is 2. The van der Waals surface area contributed by atoms with Crippen LogP contribution in [-0.4, -0.2) is 35.9 Å². The van der Waals surface area contributed by atoms with Crippen molar-refractivity contribution in [3.05, 3.63) is 38.5 Å². The van der Waals surface area contributed by atoms with Gasteiger partial charge in [-0.25, -0.2) is 4.98 Å². The number of carbonyl (C=O) groups is 1. The van der Waals surface area contributed by atoms with Gasteiger partial charge in [-0.2, -0.15) is 0 Å². The molecule has 0 bridgehead atoms. The van der Waals surface area contributed by atoms with Crippen LogP contribution in [0.5, 0.6) is 0 Å². The lowest BCUT2D eigenvalue weighted by Crippen LogP contribution is -2.29. The molecule has 0 saturated heterocycles. The lowest BCUT2D eigenvalue weighted by atomic mass is 10.3. The van der Waals surface area contributed by atoms with Crippen LogP contribution in [0.25, 0.3) is 0 Å². The van der Waals surface area contributed by atoms with Crippen molar-refractivity contribution < 1.29 is 4.79 Å². The highest BCUT2D eigenvalue weighted by molar-refractivity contribution is 7.10. The summed E-state index contributed by atoms with van der Waals surface area (Å²) in [5.41, 5.74) is 6.01. The molecular weight excluding hydrogens is 278 g/mol. The van der Waals surface area contributed by atoms with Crippen molar-refractivity contribution in [3.8, 4) is 0 Å². The number of thiophene rings is 1. The van der Waals surface area contributed by atoms with Crippen molar-refractivity contribution in [3.63, 3.8) is 0 Å². The van der Waals surface area contributed by atoms with Gasteiger partial charge in [0.05, 0.1) is 5.01 Å². The monoisotopic (exact) mass is 295 g/mol. The van der Waals surface area contributed by atoms with Crippen molar-refractivity contribution >= 4 is 28.6 Å². The molecule has 1 amide bonds. The topological polar surface area (TPSA) is 59.2 Å². The van der Waals surface area contributed by atoms with Crippen LogP contribution in [-0.2, 0) is 12.8 Å². The van der Waals surface area contributed by atoms with E-state index >= 15 is 0 Å². The molecule has 0 aliphatic heterocycles. The van der Waals surface area contributed by atoms with Crippen LogP contribution < -0.4 is 5.73 Å². The van der Waals surface area contributed by atoms with E-state index in [0.717, 1.165) is 17.8 Å². The Balaban J connectivity index is 1.90. The number of amides is 1. The van der Waals surface area contributed by atoms with Gasteiger partial charge in [-0.3, -0.25) is 4.79 Å². The normalized spacial score (nSPS) is 10.6. The summed E-state index contributed by atoms with van der Waals surface area (Å²) in [5.74, 6) is -0.0175. The lowest BCUT2D eigenvalue weighted by Gasteiger charge is -2.15. The Labute approximate surface area is 120 Å². The third-order valence-corrected chi connectivity index (χ3v) is 4.59. The SMILES string of the molecule is CN(CCc1cccs1)C(=O)c1csc(CCN)n1. The van der Waals surface area contributed by atoms with E-state index in [-0.39, 0.29) is 5.91 Å². The summed E-state index contributed by atoms with van der Waals surface area (Å²) in [4.78, 5) is 19.5. The zero-order valence-electron chi connectivity index (χ0n) is 10.8. The molecule has 6 heteroatoms. The van der Waals surface area contributed by atoms with Gasteiger partial charge in [0.1, 0.15) is 5.69 Å². The summed E-state index contributed by atoms with van der Waals surface area (Å²) in [5, 5.41) is 4.79. The Morgan fingerprint density at radius 2 is 2.26 bits per heavy atom. The highest BCUT2D eigenvalue weighted by Gasteiger charge is 2.15. The summed E-state index contributed by atoms with van der Waals surface area (Å²) >= 11 is 3.22. The Bertz CT molecular complexity index is 522. The number of likely N-dealkylation sites (N-methyl/N-ethyl adjacent to an activating group) is 1. The molecule has 0 aliphatic rings. The van der Waals surface area contributed by atoms with E-state index in [1.807, 2.05) is 18.5 Å². The number of thiazole rings is 1. The first-order valence-corrected chi connectivity index (χ1v) is 7.89. The quantitative estimate of drug-likeness (QED) is 0.887. The van der Waals surface area contributed by atoms with E-state index < -0.39 is 0 Å². The van der Waals surface area contributed by atoms with Crippen LogP contribution in [0.2, 0.25) is 0 Å². The fourth-order valence-electron chi connectivity index (χ4n) is 1.68. The number of aromatic nitrogens is 1. The largest absolute Gasteiger partial charge is 0.340 e. The molecule has 2 rings (SSSR count). The van der Waals surface area contributed by atoms with Crippen LogP contribution in [0.4, 0.5) is 0 Å². The molecule has 102 valence electrons. The maximum absolute atomic E-state index is 12.2. The molecule has 0 saturated carbocycles. The minimum atomic E-state index is -0.0175. The van der Waals surface area contributed by atoms with Crippen molar-refractivity contribution in [2.45, 2.75) is 12.8 Å². The summed E-state index contributed by atoms with van der Waals surface area (Å²) in [6.45, 7) is 1.28. The molecule has 2 N–H and O–H groups in total. The van der Waals surface area contributed by atoms with E-state index in [0.29, 0.717) is 18.8 Å². The van der Waals surface area contributed by atoms with Gasteiger partial charge in [0.15, 0.2) is 0 Å². The van der Waals surface area contributed by atoms with Gasteiger partial charge in [0.2, 0.25) is 0 Å². The number of carbonyl (C=O) groups excluding carboxylic acids is 1. The fourth-order valence-corrected chi connectivity index (χ4v) is 3.16. The molecule has 19 heavy (non-hydrogen) atoms. The molecule has 4 nitrogen and oxygen atoms in total. The minimum Gasteiger partial charge on any atom is -0.340 e. The third-order valence-electron chi connectivity index (χ3n) is 2.75. The van der Waals surface area contributed by atoms with Gasteiger partial charge < -0.3 is 10.6 Å². The number of hydrogen-bond donors (Lipinski definition) is 1. The second-order valence-electron chi connectivity index (χ2n) is 4.22. The Kier molecular flexibility index (Phi) is 5.07. The molecule has 0 aliphatic carbocycles. The highest BCUT2D eigenvalue weighted by Crippen LogP contribution is 2.13. The second-order valence-corrected chi connectivity index (χ2v) is 6.20. The zero-order chi connectivity index (χ0) is 13.7. The molecule has 0 aromatic carbocycles. The summed E-state index contributed by atoms with van der Waals surface area (Å²) in [7, 11) is 1.82. The molecule has 2 heterocycles. The molecule has 0 fully saturated rings. The lowest BCUT2D eigenvalue weighted by molar-refractivity contribution is 0.0791. The van der Waals surface area contributed by atoms with E-state index in [2.05, 4.69) is 16.4 Å². The fraction of sp³-hybridized carbons (Fsp3) is 0.385. The predicted molar refractivity (Wildman–Crippen MR) is 79.9 cm³/mol. The molecule has 0 atom stereocenters. The molecule has 2 aromatic rings. The maximum Gasteiger partial charge on any atom is 0.273 e. The van der Waals surface area contributed by atoms with Crippen molar-refractivity contribution in [2.75, 3.05) is 20.1 Å². The summed E-state index contributed by atoms with van der Waals surface area (Å²) in [6.07, 6.45) is 1.62. The standard InChI is InChI=1S/C13H17N3OS2/c1-16(7-5-10-3-2-8-18-10)13(17)11-9-19-12(15-11)4-6-14/h2-3,8-9H,4-7,14H2,1H3. The van der Waals surface area contributed by atoms with Crippen molar-refractivity contribution in [2.24, 2.45) is 5.73 Å². The number of rotatable bonds is 6. The van der Waals surface area contributed by atoms with Gasteiger partial charge in [-0.15, -0.1) is 22.7 Å². The average Bonchev–Trinajstić information content (AvgIpc) is 3.06. The van der Waals surface area contributed by atoms with Crippen LogP contribution in [0.15, 0.2) is 22.9 Å². The van der Waals surface area contributed by atoms with Crippen LogP contribution in [0.1, 0.15) is 20.4 Å². The van der Waals surface area contributed by atoms with Gasteiger partial charge in [0, 0.05) is 30.3 Å². The van der Waals surface area contributed by atoms with Crippen molar-refractivity contribution in [1.29, 1.82) is 0 Å². The Hall–Kier alpha value is -1.24. The first-order valence-electron chi connectivity index (χ1n) is 6.13. The van der Waals surface area contributed by atoms with Gasteiger partial charge in [-0.05, 0) is 24.4 Å². The van der Waals surface area contributed by atoms with E-state index in [4.69, 9.17) is 5.73 Å². The number of nitrogens with two attached hydrogens (primary N) is 1.